The van der Waals surface area contributed by atoms with E-state index in [1.54, 1.807) is 20.8 Å². The number of imide groups is 1. The molecule has 0 bridgehead atoms. The van der Waals surface area contributed by atoms with E-state index in [0.717, 1.165) is 12.8 Å². The summed E-state index contributed by atoms with van der Waals surface area (Å²) in [4.78, 5) is 46.9. The van der Waals surface area contributed by atoms with Crippen molar-refractivity contribution in [2.75, 3.05) is 0 Å². The zero-order chi connectivity index (χ0) is 17.8. The molecular formula is C15H25N3O5. The predicted molar refractivity (Wildman–Crippen MR) is 82.3 cm³/mol. The van der Waals surface area contributed by atoms with Gasteiger partial charge in [-0.2, -0.15) is 0 Å². The first-order valence-corrected chi connectivity index (χ1v) is 7.63. The Hall–Kier alpha value is -2.12. The van der Waals surface area contributed by atoms with Crippen molar-refractivity contribution in [2.45, 2.75) is 65.6 Å². The van der Waals surface area contributed by atoms with E-state index in [9.17, 15) is 19.2 Å². The molecule has 0 aromatic carbocycles. The lowest BCUT2D eigenvalue weighted by Gasteiger charge is -2.22. The van der Waals surface area contributed by atoms with Crippen molar-refractivity contribution >= 4 is 23.8 Å². The number of ether oxygens (including phenoxy) is 1. The molecule has 2 atom stereocenters. The van der Waals surface area contributed by atoms with Gasteiger partial charge in [-0.1, -0.05) is 20.8 Å². The fraction of sp³-hybridized carbons (Fsp3) is 0.733. The molecule has 8 nitrogen and oxygen atoms in total. The highest BCUT2D eigenvalue weighted by atomic mass is 16.5. The predicted octanol–water partition coefficient (Wildman–Crippen LogP) is 0.457. The molecule has 1 fully saturated rings. The molecule has 8 heteroatoms. The van der Waals surface area contributed by atoms with Crippen LogP contribution < -0.4 is 16.0 Å². The number of urea groups is 1. The van der Waals surface area contributed by atoms with Crippen LogP contribution in [0.15, 0.2) is 0 Å². The van der Waals surface area contributed by atoms with Gasteiger partial charge in [0.05, 0.1) is 0 Å². The van der Waals surface area contributed by atoms with E-state index < -0.39 is 35.5 Å². The lowest BCUT2D eigenvalue weighted by molar-refractivity contribution is -0.157. The second-order valence-corrected chi connectivity index (χ2v) is 6.76. The minimum Gasteiger partial charge on any atom is -0.451 e. The van der Waals surface area contributed by atoms with Crippen molar-refractivity contribution in [2.24, 2.45) is 5.41 Å². The molecule has 0 unspecified atom stereocenters. The lowest BCUT2D eigenvalue weighted by Crippen LogP contribution is -2.48. The Labute approximate surface area is 135 Å². The van der Waals surface area contributed by atoms with Gasteiger partial charge in [-0.25, -0.2) is 9.59 Å². The number of esters is 1. The van der Waals surface area contributed by atoms with E-state index in [1.807, 2.05) is 0 Å². The standard InChI is InChI=1S/C15H25N3O5/c1-8(16-13(21)15(3,4)5)12(20)23-9(2)11(19)18-14(22)17-10-6-7-10/h8-10H,6-7H2,1-5H3,(H,16,21)(H2,17,18,19,22)/t8-,9-/m0/s1. The second-order valence-electron chi connectivity index (χ2n) is 6.76. The van der Waals surface area contributed by atoms with Crippen LogP contribution in [0.5, 0.6) is 0 Å². The van der Waals surface area contributed by atoms with Crippen molar-refractivity contribution in [1.82, 2.24) is 16.0 Å². The highest BCUT2D eigenvalue weighted by Crippen LogP contribution is 2.18. The van der Waals surface area contributed by atoms with E-state index >= 15 is 0 Å². The van der Waals surface area contributed by atoms with Gasteiger partial charge < -0.3 is 15.4 Å². The number of amides is 4. The Kier molecular flexibility index (Phi) is 6.12. The minimum atomic E-state index is -1.14. The Morgan fingerprint density at radius 3 is 2.13 bits per heavy atom. The van der Waals surface area contributed by atoms with Gasteiger partial charge in [0.15, 0.2) is 6.10 Å². The van der Waals surface area contributed by atoms with Crippen LogP contribution in [0.3, 0.4) is 0 Å². The maximum atomic E-state index is 11.9. The quantitative estimate of drug-likeness (QED) is 0.635. The molecular weight excluding hydrogens is 302 g/mol. The first-order chi connectivity index (χ1) is 10.5. The molecule has 0 saturated heterocycles. The maximum Gasteiger partial charge on any atom is 0.329 e. The van der Waals surface area contributed by atoms with E-state index in [4.69, 9.17) is 4.74 Å². The third-order valence-corrected chi connectivity index (χ3v) is 3.19. The average Bonchev–Trinajstić information content (AvgIpc) is 3.20. The molecule has 1 rings (SSSR count). The molecule has 130 valence electrons. The van der Waals surface area contributed by atoms with Crippen LogP contribution in [0, 0.1) is 5.41 Å². The summed E-state index contributed by atoms with van der Waals surface area (Å²) in [6.07, 6.45) is 0.662. The SMILES string of the molecule is C[C@H](NC(=O)C(C)(C)C)C(=O)O[C@@H](C)C(=O)NC(=O)NC1CC1. The summed E-state index contributed by atoms with van der Waals surface area (Å²) in [5.74, 6) is -1.76. The summed E-state index contributed by atoms with van der Waals surface area (Å²) in [7, 11) is 0. The average molecular weight is 327 g/mol. The molecule has 23 heavy (non-hydrogen) atoms. The van der Waals surface area contributed by atoms with Crippen molar-refractivity contribution in [3.8, 4) is 0 Å². The molecule has 3 N–H and O–H groups in total. The molecule has 0 aromatic heterocycles. The van der Waals surface area contributed by atoms with Gasteiger partial charge in [-0.05, 0) is 26.7 Å². The summed E-state index contributed by atoms with van der Waals surface area (Å²) in [5.41, 5.74) is -0.640. The molecule has 4 amide bonds. The van der Waals surface area contributed by atoms with Gasteiger partial charge >= 0.3 is 12.0 Å². The number of carbonyl (C=O) groups excluding carboxylic acids is 4. The van der Waals surface area contributed by atoms with Gasteiger partial charge in [0.1, 0.15) is 6.04 Å². The van der Waals surface area contributed by atoms with Crippen LogP contribution in [-0.4, -0.2) is 42.0 Å². The number of hydrogen-bond donors (Lipinski definition) is 3. The molecule has 0 heterocycles. The fourth-order valence-corrected chi connectivity index (χ4v) is 1.46. The summed E-state index contributed by atoms with van der Waals surface area (Å²) in [6, 6.07) is -1.37. The number of nitrogens with one attached hydrogen (secondary N) is 3. The highest BCUT2D eigenvalue weighted by Gasteiger charge is 2.29. The molecule has 1 saturated carbocycles. The van der Waals surface area contributed by atoms with Crippen LogP contribution in [0.4, 0.5) is 4.79 Å². The number of hydrogen-bond acceptors (Lipinski definition) is 5. The topological polar surface area (TPSA) is 114 Å². The first-order valence-electron chi connectivity index (χ1n) is 7.63. The van der Waals surface area contributed by atoms with Crippen LogP contribution >= 0.6 is 0 Å². The van der Waals surface area contributed by atoms with Crippen molar-refractivity contribution in [3.63, 3.8) is 0 Å². The first kappa shape index (κ1) is 18.9. The van der Waals surface area contributed by atoms with E-state index in [2.05, 4.69) is 16.0 Å². The zero-order valence-corrected chi connectivity index (χ0v) is 14.2. The monoisotopic (exact) mass is 327 g/mol. The smallest absolute Gasteiger partial charge is 0.329 e. The van der Waals surface area contributed by atoms with E-state index in [-0.39, 0.29) is 11.9 Å². The van der Waals surface area contributed by atoms with Crippen LogP contribution in [0.25, 0.3) is 0 Å². The van der Waals surface area contributed by atoms with E-state index in [0.29, 0.717) is 0 Å². The summed E-state index contributed by atoms with van der Waals surface area (Å²) >= 11 is 0. The number of carbonyl (C=O) groups is 4. The van der Waals surface area contributed by atoms with Gasteiger partial charge in [0.2, 0.25) is 5.91 Å². The van der Waals surface area contributed by atoms with Crippen LogP contribution in [-0.2, 0) is 19.1 Å². The van der Waals surface area contributed by atoms with Crippen LogP contribution in [0.2, 0.25) is 0 Å². The third-order valence-electron chi connectivity index (χ3n) is 3.19. The Morgan fingerprint density at radius 1 is 1.09 bits per heavy atom. The lowest BCUT2D eigenvalue weighted by atomic mass is 9.95. The maximum absolute atomic E-state index is 11.9. The van der Waals surface area contributed by atoms with Crippen LogP contribution in [0.1, 0.15) is 47.5 Å². The number of rotatable bonds is 5. The summed E-state index contributed by atoms with van der Waals surface area (Å²) in [6.45, 7) is 7.98. The molecule has 0 aliphatic heterocycles. The second kappa shape index (κ2) is 7.43. The molecule has 0 radical (unpaired) electrons. The third kappa shape index (κ3) is 6.66. The Balaban J connectivity index is 2.40. The van der Waals surface area contributed by atoms with Crippen molar-refractivity contribution in [3.05, 3.63) is 0 Å². The van der Waals surface area contributed by atoms with Crippen molar-refractivity contribution in [1.29, 1.82) is 0 Å². The molecule has 0 aromatic rings. The summed E-state index contributed by atoms with van der Waals surface area (Å²) < 4.78 is 4.96. The van der Waals surface area contributed by atoms with Gasteiger partial charge in [0.25, 0.3) is 5.91 Å². The van der Waals surface area contributed by atoms with Gasteiger partial charge in [0, 0.05) is 11.5 Å². The van der Waals surface area contributed by atoms with Gasteiger partial charge in [-0.3, -0.25) is 14.9 Å². The fourth-order valence-electron chi connectivity index (χ4n) is 1.46. The molecule has 0 spiro atoms. The zero-order valence-electron chi connectivity index (χ0n) is 14.2. The molecule has 1 aliphatic carbocycles. The Bertz CT molecular complexity index is 494. The normalized spacial score (nSPS) is 16.7. The Morgan fingerprint density at radius 2 is 1.65 bits per heavy atom. The van der Waals surface area contributed by atoms with E-state index in [1.165, 1.54) is 13.8 Å². The molecule has 1 aliphatic rings. The largest absolute Gasteiger partial charge is 0.451 e. The minimum absolute atomic E-state index is 0.119. The van der Waals surface area contributed by atoms with Gasteiger partial charge in [-0.15, -0.1) is 0 Å². The van der Waals surface area contributed by atoms with Crippen molar-refractivity contribution < 1.29 is 23.9 Å². The summed E-state index contributed by atoms with van der Waals surface area (Å²) in [5, 5.41) is 7.21. The highest BCUT2D eigenvalue weighted by molar-refractivity contribution is 5.97.